The molecule has 5 nitrogen and oxygen atoms in total. The Morgan fingerprint density at radius 1 is 1.37 bits per heavy atom. The van der Waals surface area contributed by atoms with Gasteiger partial charge >= 0.3 is 5.97 Å². The minimum Gasteiger partial charge on any atom is -0.480 e. The van der Waals surface area contributed by atoms with Gasteiger partial charge in [-0.05, 0) is 40.4 Å². The molecule has 1 aromatic rings. The van der Waals surface area contributed by atoms with Crippen LogP contribution in [0.15, 0.2) is 27.6 Å². The van der Waals surface area contributed by atoms with Crippen molar-refractivity contribution in [3.8, 4) is 0 Å². The number of carboxylic acid groups (broad SMARTS) is 1. The second kappa shape index (κ2) is 6.02. The van der Waals surface area contributed by atoms with Crippen molar-refractivity contribution in [2.24, 2.45) is 5.92 Å². The van der Waals surface area contributed by atoms with Crippen molar-refractivity contribution < 1.29 is 18.3 Å². The Morgan fingerprint density at radius 3 is 2.42 bits per heavy atom. The van der Waals surface area contributed by atoms with Crippen LogP contribution < -0.4 is 4.72 Å². The molecule has 0 amide bonds. The van der Waals surface area contributed by atoms with Gasteiger partial charge in [0.05, 0.1) is 4.90 Å². The summed E-state index contributed by atoms with van der Waals surface area (Å²) < 4.78 is 27.1. The van der Waals surface area contributed by atoms with E-state index in [0.29, 0.717) is 4.47 Å². The Morgan fingerprint density at radius 2 is 1.95 bits per heavy atom. The van der Waals surface area contributed by atoms with E-state index in [1.54, 1.807) is 32.9 Å². The summed E-state index contributed by atoms with van der Waals surface area (Å²) in [5.41, 5.74) is 0.763. The Hall–Kier alpha value is -0.920. The Balaban J connectivity index is 3.18. The van der Waals surface area contributed by atoms with Crippen molar-refractivity contribution in [2.75, 3.05) is 0 Å². The number of aryl methyl sites for hydroxylation is 1. The lowest BCUT2D eigenvalue weighted by atomic mass is 10.1. The topological polar surface area (TPSA) is 83.5 Å². The average molecular weight is 350 g/mol. The molecule has 0 aliphatic carbocycles. The molecule has 2 N–H and O–H groups in total. The van der Waals surface area contributed by atoms with Crippen molar-refractivity contribution in [2.45, 2.75) is 31.7 Å². The molecule has 106 valence electrons. The lowest BCUT2D eigenvalue weighted by Crippen LogP contribution is -2.44. The summed E-state index contributed by atoms with van der Waals surface area (Å²) in [6, 6.07) is 3.65. The fourth-order valence-electron chi connectivity index (χ4n) is 1.53. The summed E-state index contributed by atoms with van der Waals surface area (Å²) in [6.45, 7) is 5.05. The molecular weight excluding hydrogens is 334 g/mol. The number of nitrogens with one attached hydrogen (secondary N) is 1. The van der Waals surface area contributed by atoms with Gasteiger partial charge in [0.2, 0.25) is 10.0 Å². The normalized spacial score (nSPS) is 13.5. The van der Waals surface area contributed by atoms with Crippen LogP contribution >= 0.6 is 15.9 Å². The third kappa shape index (κ3) is 3.77. The Labute approximate surface area is 121 Å². The van der Waals surface area contributed by atoms with Gasteiger partial charge in [0.1, 0.15) is 6.04 Å². The zero-order valence-electron chi connectivity index (χ0n) is 10.8. The third-order valence-corrected chi connectivity index (χ3v) is 5.46. The molecule has 0 aliphatic rings. The van der Waals surface area contributed by atoms with Crippen LogP contribution in [0.25, 0.3) is 0 Å². The molecule has 0 saturated carbocycles. The second-order valence-corrected chi connectivity index (χ2v) is 7.04. The number of rotatable bonds is 5. The highest BCUT2D eigenvalue weighted by Crippen LogP contribution is 2.25. The van der Waals surface area contributed by atoms with E-state index in [9.17, 15) is 13.2 Å². The number of hydrogen-bond donors (Lipinski definition) is 2. The molecule has 1 unspecified atom stereocenters. The van der Waals surface area contributed by atoms with Crippen LogP contribution in [0.1, 0.15) is 19.4 Å². The first kappa shape index (κ1) is 16.1. The molecule has 7 heteroatoms. The van der Waals surface area contributed by atoms with Gasteiger partial charge in [0.15, 0.2) is 0 Å². The predicted molar refractivity (Wildman–Crippen MR) is 75.5 cm³/mol. The Bertz CT molecular complexity index is 583. The first-order valence-corrected chi connectivity index (χ1v) is 7.94. The highest BCUT2D eigenvalue weighted by molar-refractivity contribution is 9.10. The number of carboxylic acids is 1. The lowest BCUT2D eigenvalue weighted by molar-refractivity contribution is -0.140. The molecule has 0 saturated heterocycles. The molecule has 0 fully saturated rings. The van der Waals surface area contributed by atoms with Crippen molar-refractivity contribution in [1.29, 1.82) is 0 Å². The molecule has 0 aliphatic heterocycles. The van der Waals surface area contributed by atoms with E-state index < -0.39 is 22.0 Å². The molecule has 0 heterocycles. The van der Waals surface area contributed by atoms with Crippen LogP contribution in [-0.2, 0) is 14.8 Å². The first-order chi connectivity index (χ1) is 8.66. The quantitative estimate of drug-likeness (QED) is 0.852. The molecule has 0 radical (unpaired) electrons. The molecular formula is C12H16BrNO4S. The fourth-order valence-corrected chi connectivity index (χ4v) is 3.92. The van der Waals surface area contributed by atoms with E-state index in [4.69, 9.17) is 5.11 Å². The summed E-state index contributed by atoms with van der Waals surface area (Å²) in [7, 11) is -3.88. The van der Waals surface area contributed by atoms with E-state index in [1.807, 2.05) is 0 Å². The van der Waals surface area contributed by atoms with Gasteiger partial charge in [0, 0.05) is 4.47 Å². The molecule has 0 spiro atoms. The van der Waals surface area contributed by atoms with Crippen LogP contribution in [0.5, 0.6) is 0 Å². The maximum Gasteiger partial charge on any atom is 0.322 e. The standard InChI is InChI=1S/C12H16BrNO4S/c1-7(2)11(12(15)16)14-19(17,18)9-6-4-5-8(3)10(9)13/h4-7,11,14H,1-3H3,(H,15,16). The second-order valence-electron chi connectivity index (χ2n) is 4.57. The summed E-state index contributed by atoms with van der Waals surface area (Å²) >= 11 is 3.21. The van der Waals surface area contributed by atoms with Crippen molar-refractivity contribution in [1.82, 2.24) is 4.72 Å². The number of hydrogen-bond acceptors (Lipinski definition) is 3. The van der Waals surface area contributed by atoms with E-state index in [-0.39, 0.29) is 10.8 Å². The van der Waals surface area contributed by atoms with Gasteiger partial charge in [0.25, 0.3) is 0 Å². The zero-order chi connectivity index (χ0) is 14.8. The average Bonchev–Trinajstić information content (AvgIpc) is 2.28. The molecule has 0 bridgehead atoms. The number of halogens is 1. The SMILES string of the molecule is Cc1cccc(S(=O)(=O)NC(C(=O)O)C(C)C)c1Br. The van der Waals surface area contributed by atoms with Crippen LogP contribution in [-0.4, -0.2) is 25.5 Å². The van der Waals surface area contributed by atoms with Crippen LogP contribution in [0.3, 0.4) is 0 Å². The number of carbonyl (C=O) groups is 1. The highest BCUT2D eigenvalue weighted by Gasteiger charge is 2.29. The minimum atomic E-state index is -3.88. The molecule has 1 atom stereocenters. The van der Waals surface area contributed by atoms with Gasteiger partial charge < -0.3 is 5.11 Å². The lowest BCUT2D eigenvalue weighted by Gasteiger charge is -2.18. The van der Waals surface area contributed by atoms with E-state index in [0.717, 1.165) is 5.56 Å². The zero-order valence-corrected chi connectivity index (χ0v) is 13.2. The summed E-state index contributed by atoms with van der Waals surface area (Å²) in [6.07, 6.45) is 0. The van der Waals surface area contributed by atoms with Crippen molar-refractivity contribution in [3.05, 3.63) is 28.2 Å². The maximum absolute atomic E-state index is 12.2. The number of sulfonamides is 1. The van der Waals surface area contributed by atoms with Crippen molar-refractivity contribution >= 4 is 31.9 Å². The summed E-state index contributed by atoms with van der Waals surface area (Å²) in [5, 5.41) is 9.04. The summed E-state index contributed by atoms with van der Waals surface area (Å²) in [4.78, 5) is 11.1. The largest absolute Gasteiger partial charge is 0.480 e. The Kier molecular flexibility index (Phi) is 5.11. The van der Waals surface area contributed by atoms with Gasteiger partial charge in [-0.2, -0.15) is 4.72 Å². The van der Waals surface area contributed by atoms with Crippen LogP contribution in [0.4, 0.5) is 0 Å². The van der Waals surface area contributed by atoms with Gasteiger partial charge in [-0.15, -0.1) is 0 Å². The number of aliphatic carboxylic acids is 1. The van der Waals surface area contributed by atoms with Crippen LogP contribution in [0.2, 0.25) is 0 Å². The van der Waals surface area contributed by atoms with Gasteiger partial charge in [-0.1, -0.05) is 26.0 Å². The van der Waals surface area contributed by atoms with E-state index in [2.05, 4.69) is 20.7 Å². The molecule has 1 rings (SSSR count). The monoisotopic (exact) mass is 349 g/mol. The van der Waals surface area contributed by atoms with Gasteiger partial charge in [-0.25, -0.2) is 8.42 Å². The molecule has 19 heavy (non-hydrogen) atoms. The third-order valence-electron chi connectivity index (χ3n) is 2.66. The van der Waals surface area contributed by atoms with E-state index in [1.165, 1.54) is 6.07 Å². The molecule has 1 aromatic carbocycles. The minimum absolute atomic E-state index is 0.0411. The predicted octanol–water partition coefficient (Wildman–Crippen LogP) is 2.15. The van der Waals surface area contributed by atoms with Crippen molar-refractivity contribution in [3.63, 3.8) is 0 Å². The van der Waals surface area contributed by atoms with E-state index >= 15 is 0 Å². The molecule has 0 aromatic heterocycles. The maximum atomic E-state index is 12.2. The first-order valence-electron chi connectivity index (χ1n) is 5.67. The highest BCUT2D eigenvalue weighted by atomic mass is 79.9. The number of benzene rings is 1. The smallest absolute Gasteiger partial charge is 0.322 e. The van der Waals surface area contributed by atoms with Crippen LogP contribution in [0, 0.1) is 12.8 Å². The fraction of sp³-hybridized carbons (Fsp3) is 0.417. The van der Waals surface area contributed by atoms with Gasteiger partial charge in [-0.3, -0.25) is 4.79 Å². The summed E-state index contributed by atoms with van der Waals surface area (Å²) in [5.74, 6) is -1.54.